The monoisotopic (exact) mass is 428 g/mol. The number of carbonyl (C=O) groups is 2. The fourth-order valence-corrected chi connectivity index (χ4v) is 2.51. The maximum Gasteiger partial charge on any atom is 0.435 e. The number of hydrogen-bond acceptors (Lipinski definition) is 5. The number of methoxy groups -OCH3 is 1. The third-order valence-corrected chi connectivity index (χ3v) is 3.92. The predicted octanol–water partition coefficient (Wildman–Crippen LogP) is 2.11. The van der Waals surface area contributed by atoms with E-state index in [0.29, 0.717) is 17.9 Å². The van der Waals surface area contributed by atoms with E-state index in [1.165, 1.54) is 7.11 Å². The third kappa shape index (κ3) is 6.48. The number of carbonyl (C=O) groups excluding carboxylic acids is 2. The average Bonchev–Trinajstić information content (AvgIpc) is 3.15. The standard InChI is InChI=1S/C19H23F3N4O4/c1-3-30-14-6-4-13(5-7-14)17(27)23-8-9-24-18(28)15-12-26(10-11-29-2)25-16(15)19(20,21)22/h4-7,12H,3,8-11H2,1-2H3,(H,23,27)(H,24,28). The molecule has 8 nitrogen and oxygen atoms in total. The molecule has 2 amide bonds. The lowest BCUT2D eigenvalue weighted by Crippen LogP contribution is -2.35. The van der Waals surface area contributed by atoms with Gasteiger partial charge in [-0.15, -0.1) is 0 Å². The molecule has 0 aliphatic rings. The van der Waals surface area contributed by atoms with Crippen LogP contribution in [0.2, 0.25) is 0 Å². The summed E-state index contributed by atoms with van der Waals surface area (Å²) >= 11 is 0. The van der Waals surface area contributed by atoms with Crippen LogP contribution in [0, 0.1) is 0 Å². The molecule has 2 rings (SSSR count). The molecule has 0 spiro atoms. The van der Waals surface area contributed by atoms with E-state index in [4.69, 9.17) is 9.47 Å². The summed E-state index contributed by atoms with van der Waals surface area (Å²) in [4.78, 5) is 24.3. The van der Waals surface area contributed by atoms with E-state index in [1.807, 2.05) is 6.92 Å². The second kappa shape index (κ2) is 10.6. The molecule has 1 aromatic heterocycles. The molecule has 0 radical (unpaired) electrons. The van der Waals surface area contributed by atoms with Gasteiger partial charge in [0.25, 0.3) is 11.8 Å². The van der Waals surface area contributed by atoms with Crippen molar-refractivity contribution in [2.75, 3.05) is 33.4 Å². The molecule has 0 atom stereocenters. The molecule has 11 heteroatoms. The Bertz CT molecular complexity index is 850. The number of benzene rings is 1. The first kappa shape index (κ1) is 23.2. The van der Waals surface area contributed by atoms with Crippen molar-refractivity contribution >= 4 is 11.8 Å². The number of nitrogens with one attached hydrogen (secondary N) is 2. The molecule has 0 bridgehead atoms. The predicted molar refractivity (Wildman–Crippen MR) is 101 cm³/mol. The van der Waals surface area contributed by atoms with Gasteiger partial charge >= 0.3 is 6.18 Å². The Morgan fingerprint density at radius 1 is 1.10 bits per heavy atom. The van der Waals surface area contributed by atoms with Crippen molar-refractivity contribution in [1.29, 1.82) is 0 Å². The zero-order chi connectivity index (χ0) is 22.1. The number of alkyl halides is 3. The van der Waals surface area contributed by atoms with Crippen molar-refractivity contribution in [2.45, 2.75) is 19.6 Å². The molecular weight excluding hydrogens is 405 g/mol. The minimum atomic E-state index is -4.77. The Morgan fingerprint density at radius 2 is 1.73 bits per heavy atom. The van der Waals surface area contributed by atoms with Crippen LogP contribution in [0.1, 0.15) is 33.3 Å². The Kier molecular flexibility index (Phi) is 8.22. The van der Waals surface area contributed by atoms with Gasteiger partial charge in [0.05, 0.1) is 25.3 Å². The van der Waals surface area contributed by atoms with E-state index in [2.05, 4.69) is 15.7 Å². The minimum Gasteiger partial charge on any atom is -0.494 e. The van der Waals surface area contributed by atoms with Crippen LogP contribution >= 0.6 is 0 Å². The molecule has 0 unspecified atom stereocenters. The normalized spacial score (nSPS) is 11.2. The summed E-state index contributed by atoms with van der Waals surface area (Å²) in [6.45, 7) is 2.56. The number of aromatic nitrogens is 2. The average molecular weight is 428 g/mol. The summed E-state index contributed by atoms with van der Waals surface area (Å²) in [7, 11) is 1.41. The van der Waals surface area contributed by atoms with Crippen LogP contribution in [-0.2, 0) is 17.5 Å². The van der Waals surface area contributed by atoms with E-state index in [0.717, 1.165) is 10.9 Å². The summed E-state index contributed by atoms with van der Waals surface area (Å²) in [5.74, 6) is -0.676. The zero-order valence-electron chi connectivity index (χ0n) is 16.6. The van der Waals surface area contributed by atoms with Crippen molar-refractivity contribution in [3.63, 3.8) is 0 Å². The summed E-state index contributed by atoms with van der Waals surface area (Å²) in [6, 6.07) is 6.48. The van der Waals surface area contributed by atoms with Gasteiger partial charge in [0.1, 0.15) is 5.75 Å². The van der Waals surface area contributed by atoms with Gasteiger partial charge in [-0.3, -0.25) is 14.3 Å². The maximum absolute atomic E-state index is 13.1. The van der Waals surface area contributed by atoms with E-state index in [9.17, 15) is 22.8 Å². The highest BCUT2D eigenvalue weighted by Crippen LogP contribution is 2.30. The van der Waals surface area contributed by atoms with Gasteiger partial charge in [0, 0.05) is 32.0 Å². The van der Waals surface area contributed by atoms with E-state index in [1.54, 1.807) is 24.3 Å². The minimum absolute atomic E-state index is 0.0386. The second-order valence-electron chi connectivity index (χ2n) is 6.11. The molecule has 2 aromatic rings. The third-order valence-electron chi connectivity index (χ3n) is 3.92. The number of hydrogen-bond donors (Lipinski definition) is 2. The molecule has 1 heterocycles. The molecule has 0 aliphatic carbocycles. The first-order chi connectivity index (χ1) is 14.3. The second-order valence-corrected chi connectivity index (χ2v) is 6.11. The summed E-state index contributed by atoms with van der Waals surface area (Å²) in [5, 5.41) is 8.36. The number of rotatable bonds is 10. The Balaban J connectivity index is 1.89. The van der Waals surface area contributed by atoms with Crippen molar-refractivity contribution in [3.05, 3.63) is 47.3 Å². The molecule has 1 aromatic carbocycles. The summed E-state index contributed by atoms with van der Waals surface area (Å²) in [6.07, 6.45) is -3.75. The van der Waals surface area contributed by atoms with Crippen LogP contribution in [0.5, 0.6) is 5.75 Å². The van der Waals surface area contributed by atoms with Gasteiger partial charge in [-0.2, -0.15) is 18.3 Å². The highest BCUT2D eigenvalue weighted by atomic mass is 19.4. The van der Waals surface area contributed by atoms with Crippen LogP contribution < -0.4 is 15.4 Å². The van der Waals surface area contributed by atoms with E-state index >= 15 is 0 Å². The molecule has 0 saturated carbocycles. The number of amides is 2. The van der Waals surface area contributed by atoms with Crippen LogP contribution in [0.15, 0.2) is 30.5 Å². The van der Waals surface area contributed by atoms with Gasteiger partial charge in [-0.25, -0.2) is 0 Å². The maximum atomic E-state index is 13.1. The van der Waals surface area contributed by atoms with Gasteiger partial charge in [-0.1, -0.05) is 0 Å². The highest BCUT2D eigenvalue weighted by Gasteiger charge is 2.39. The molecule has 2 N–H and O–H groups in total. The molecular formula is C19H23F3N4O4. The van der Waals surface area contributed by atoms with Gasteiger partial charge < -0.3 is 20.1 Å². The Labute approximate surface area is 171 Å². The quantitative estimate of drug-likeness (QED) is 0.566. The van der Waals surface area contributed by atoms with Crippen molar-refractivity contribution in [1.82, 2.24) is 20.4 Å². The molecule has 0 saturated heterocycles. The number of halogens is 3. The summed E-state index contributed by atoms with van der Waals surface area (Å²) < 4.78 is 50.6. The van der Waals surface area contributed by atoms with Crippen molar-refractivity contribution < 1.29 is 32.2 Å². The van der Waals surface area contributed by atoms with E-state index < -0.39 is 23.3 Å². The first-order valence-electron chi connectivity index (χ1n) is 9.19. The lowest BCUT2D eigenvalue weighted by atomic mass is 10.2. The van der Waals surface area contributed by atoms with Gasteiger partial charge in [0.2, 0.25) is 0 Å². The Hall–Kier alpha value is -3.08. The van der Waals surface area contributed by atoms with E-state index in [-0.39, 0.29) is 32.1 Å². The van der Waals surface area contributed by atoms with Crippen molar-refractivity contribution in [2.24, 2.45) is 0 Å². The topological polar surface area (TPSA) is 94.5 Å². The molecule has 0 aliphatic heterocycles. The first-order valence-corrected chi connectivity index (χ1v) is 9.19. The highest BCUT2D eigenvalue weighted by molar-refractivity contribution is 5.96. The van der Waals surface area contributed by atoms with Crippen LogP contribution in [-0.4, -0.2) is 55.0 Å². The fourth-order valence-electron chi connectivity index (χ4n) is 2.51. The van der Waals surface area contributed by atoms with Gasteiger partial charge in [0.15, 0.2) is 5.69 Å². The lowest BCUT2D eigenvalue weighted by Gasteiger charge is -2.09. The van der Waals surface area contributed by atoms with Gasteiger partial charge in [-0.05, 0) is 31.2 Å². The van der Waals surface area contributed by atoms with Crippen LogP contribution in [0.3, 0.4) is 0 Å². The SMILES string of the molecule is CCOc1ccc(C(=O)NCCNC(=O)c2cn(CCOC)nc2C(F)(F)F)cc1. The Morgan fingerprint density at radius 3 is 2.30 bits per heavy atom. The number of nitrogens with zero attached hydrogens (tertiary/aromatic N) is 2. The smallest absolute Gasteiger partial charge is 0.435 e. The zero-order valence-corrected chi connectivity index (χ0v) is 16.6. The molecule has 0 fully saturated rings. The number of ether oxygens (including phenoxy) is 2. The summed E-state index contributed by atoms with van der Waals surface area (Å²) in [5.41, 5.74) is -1.46. The molecule has 164 valence electrons. The van der Waals surface area contributed by atoms with Crippen LogP contribution in [0.4, 0.5) is 13.2 Å². The molecule has 30 heavy (non-hydrogen) atoms. The van der Waals surface area contributed by atoms with Crippen molar-refractivity contribution in [3.8, 4) is 5.75 Å². The lowest BCUT2D eigenvalue weighted by molar-refractivity contribution is -0.141. The van der Waals surface area contributed by atoms with Crippen LogP contribution in [0.25, 0.3) is 0 Å². The largest absolute Gasteiger partial charge is 0.494 e. The fraction of sp³-hybridized carbons (Fsp3) is 0.421.